The van der Waals surface area contributed by atoms with E-state index in [0.717, 1.165) is 37.1 Å². The highest BCUT2D eigenvalue weighted by Crippen LogP contribution is 2.67. The van der Waals surface area contributed by atoms with E-state index in [1.807, 2.05) is 0 Å². The van der Waals surface area contributed by atoms with Gasteiger partial charge in [0.2, 0.25) is 0 Å². The highest BCUT2D eigenvalue weighted by atomic mass is 16.3. The van der Waals surface area contributed by atoms with E-state index >= 15 is 0 Å². The van der Waals surface area contributed by atoms with Gasteiger partial charge in [0.05, 0.1) is 6.10 Å². The molecule has 1 unspecified atom stereocenters. The average molecular weight is 223 g/mol. The summed E-state index contributed by atoms with van der Waals surface area (Å²) in [4.78, 5) is 0. The monoisotopic (exact) mass is 223 g/mol. The summed E-state index contributed by atoms with van der Waals surface area (Å²) in [5, 5.41) is 9.62. The van der Waals surface area contributed by atoms with Crippen molar-refractivity contribution in [1.82, 2.24) is 0 Å². The summed E-state index contributed by atoms with van der Waals surface area (Å²) < 4.78 is 0. The molecule has 0 spiro atoms. The molecule has 2 heteroatoms. The summed E-state index contributed by atoms with van der Waals surface area (Å²) in [6.45, 7) is 5.67. The third kappa shape index (κ3) is 1.20. The zero-order chi connectivity index (χ0) is 11.6. The predicted molar refractivity (Wildman–Crippen MR) is 64.8 cm³/mol. The molecular formula is C14H25NO. The molecule has 0 saturated heterocycles. The average Bonchev–Trinajstić information content (AvgIpc) is 2.24. The smallest absolute Gasteiger partial charge is 0.0552 e. The van der Waals surface area contributed by atoms with Crippen LogP contribution in [0.4, 0.5) is 0 Å². The second-order valence-electron chi connectivity index (χ2n) is 7.17. The molecule has 2 bridgehead atoms. The van der Waals surface area contributed by atoms with Crippen LogP contribution in [0.25, 0.3) is 0 Å². The van der Waals surface area contributed by atoms with Crippen LogP contribution in [-0.4, -0.2) is 17.8 Å². The van der Waals surface area contributed by atoms with Gasteiger partial charge in [-0.05, 0) is 67.2 Å². The Bertz CT molecular complexity index is 291. The second kappa shape index (κ2) is 3.23. The zero-order valence-electron chi connectivity index (χ0n) is 10.6. The molecule has 16 heavy (non-hydrogen) atoms. The minimum atomic E-state index is -0.0653. The first-order chi connectivity index (χ1) is 7.49. The maximum Gasteiger partial charge on any atom is 0.0552 e. The first kappa shape index (κ1) is 11.0. The molecular weight excluding hydrogens is 198 g/mol. The standard InChI is InChI=1S/C14H25NO/c1-13(2)9-3-4-11(12(13)5-9)14(8-15)6-10(16)7-14/h9-12,16H,3-8,15H2,1-2H3/t9-,10?,11?,12-,14?/m0/s1. The first-order valence-corrected chi connectivity index (χ1v) is 6.88. The lowest BCUT2D eigenvalue weighted by atomic mass is 9.39. The van der Waals surface area contributed by atoms with Crippen LogP contribution in [0.15, 0.2) is 0 Å². The molecule has 0 radical (unpaired) electrons. The normalized spacial score (nSPS) is 54.0. The number of aliphatic hydroxyl groups is 1. The Balaban J connectivity index is 1.80. The van der Waals surface area contributed by atoms with Crippen molar-refractivity contribution in [3.05, 3.63) is 0 Å². The van der Waals surface area contributed by atoms with Crippen molar-refractivity contribution < 1.29 is 5.11 Å². The fraction of sp³-hybridized carbons (Fsp3) is 1.00. The lowest BCUT2D eigenvalue weighted by molar-refractivity contribution is -0.181. The van der Waals surface area contributed by atoms with Gasteiger partial charge in [0.15, 0.2) is 0 Å². The number of rotatable bonds is 2. The third-order valence-electron chi connectivity index (χ3n) is 6.34. The number of hydrogen-bond acceptors (Lipinski definition) is 2. The summed E-state index contributed by atoms with van der Waals surface area (Å²) in [6.07, 6.45) is 6.05. The minimum Gasteiger partial charge on any atom is -0.393 e. The molecule has 4 fully saturated rings. The van der Waals surface area contributed by atoms with Gasteiger partial charge in [-0.3, -0.25) is 0 Å². The van der Waals surface area contributed by atoms with Gasteiger partial charge in [0.25, 0.3) is 0 Å². The van der Waals surface area contributed by atoms with Gasteiger partial charge in [0, 0.05) is 0 Å². The molecule has 4 rings (SSSR count). The summed E-state index contributed by atoms with van der Waals surface area (Å²) in [5.41, 5.74) is 6.86. The predicted octanol–water partition coefficient (Wildman–Crippen LogP) is 2.16. The number of nitrogens with two attached hydrogens (primary N) is 1. The molecule has 0 aromatic carbocycles. The van der Waals surface area contributed by atoms with E-state index in [1.54, 1.807) is 0 Å². The summed E-state index contributed by atoms with van der Waals surface area (Å²) in [6, 6.07) is 0. The molecule has 4 aliphatic carbocycles. The van der Waals surface area contributed by atoms with Crippen LogP contribution in [0, 0.1) is 28.6 Å². The molecule has 4 saturated carbocycles. The molecule has 0 aromatic rings. The molecule has 0 amide bonds. The minimum absolute atomic E-state index is 0.0653. The van der Waals surface area contributed by atoms with E-state index in [2.05, 4.69) is 13.8 Å². The summed E-state index contributed by atoms with van der Waals surface area (Å²) in [7, 11) is 0. The van der Waals surface area contributed by atoms with Gasteiger partial charge >= 0.3 is 0 Å². The molecule has 4 aliphatic rings. The lowest BCUT2D eigenvalue weighted by Gasteiger charge is -2.66. The Labute approximate surface area is 98.6 Å². The number of aliphatic hydroxyl groups excluding tert-OH is 1. The maximum absolute atomic E-state index is 9.62. The Kier molecular flexibility index (Phi) is 2.23. The topological polar surface area (TPSA) is 46.2 Å². The third-order valence-corrected chi connectivity index (χ3v) is 6.34. The molecule has 3 atom stereocenters. The Hall–Kier alpha value is -0.0800. The van der Waals surface area contributed by atoms with Crippen molar-refractivity contribution in [2.24, 2.45) is 34.3 Å². The van der Waals surface area contributed by atoms with Gasteiger partial charge in [-0.25, -0.2) is 0 Å². The van der Waals surface area contributed by atoms with E-state index in [9.17, 15) is 5.11 Å². The zero-order valence-corrected chi connectivity index (χ0v) is 10.6. The first-order valence-electron chi connectivity index (χ1n) is 6.88. The number of fused-ring (bicyclic) bond motifs is 2. The van der Waals surface area contributed by atoms with Crippen LogP contribution in [-0.2, 0) is 0 Å². The molecule has 0 aliphatic heterocycles. The van der Waals surface area contributed by atoms with Crippen molar-refractivity contribution in [1.29, 1.82) is 0 Å². The Morgan fingerprint density at radius 1 is 1.19 bits per heavy atom. The maximum atomic E-state index is 9.62. The van der Waals surface area contributed by atoms with Crippen LogP contribution in [0.3, 0.4) is 0 Å². The van der Waals surface area contributed by atoms with E-state index in [0.29, 0.717) is 10.8 Å². The Morgan fingerprint density at radius 2 is 1.88 bits per heavy atom. The largest absolute Gasteiger partial charge is 0.393 e. The number of hydrogen-bond donors (Lipinski definition) is 2. The van der Waals surface area contributed by atoms with Crippen LogP contribution >= 0.6 is 0 Å². The second-order valence-corrected chi connectivity index (χ2v) is 7.17. The van der Waals surface area contributed by atoms with Crippen LogP contribution in [0.5, 0.6) is 0 Å². The van der Waals surface area contributed by atoms with E-state index in [4.69, 9.17) is 5.73 Å². The van der Waals surface area contributed by atoms with E-state index in [1.165, 1.54) is 19.3 Å². The Morgan fingerprint density at radius 3 is 2.31 bits per heavy atom. The van der Waals surface area contributed by atoms with Crippen molar-refractivity contribution in [3.63, 3.8) is 0 Å². The van der Waals surface area contributed by atoms with Gasteiger partial charge < -0.3 is 10.8 Å². The molecule has 3 N–H and O–H groups in total. The van der Waals surface area contributed by atoms with E-state index in [-0.39, 0.29) is 6.10 Å². The van der Waals surface area contributed by atoms with Gasteiger partial charge in [-0.1, -0.05) is 13.8 Å². The highest BCUT2D eigenvalue weighted by Gasteiger charge is 2.61. The fourth-order valence-corrected chi connectivity index (χ4v) is 5.04. The van der Waals surface area contributed by atoms with Gasteiger partial charge in [-0.15, -0.1) is 0 Å². The SMILES string of the molecule is CC1(C)[C@H]2CCC(C3(CN)CC(O)C3)[C@@H]1C2. The molecule has 2 nitrogen and oxygen atoms in total. The van der Waals surface area contributed by atoms with Crippen LogP contribution in [0.1, 0.15) is 46.0 Å². The molecule has 0 aromatic heterocycles. The lowest BCUT2D eigenvalue weighted by Crippen LogP contribution is -2.61. The van der Waals surface area contributed by atoms with Gasteiger partial charge in [-0.2, -0.15) is 0 Å². The quantitative estimate of drug-likeness (QED) is 0.753. The van der Waals surface area contributed by atoms with E-state index < -0.39 is 0 Å². The summed E-state index contributed by atoms with van der Waals surface area (Å²) >= 11 is 0. The van der Waals surface area contributed by atoms with Crippen molar-refractivity contribution in [2.75, 3.05) is 6.54 Å². The molecule has 92 valence electrons. The van der Waals surface area contributed by atoms with Crippen molar-refractivity contribution >= 4 is 0 Å². The van der Waals surface area contributed by atoms with Gasteiger partial charge in [0.1, 0.15) is 0 Å². The fourth-order valence-electron chi connectivity index (χ4n) is 5.04. The van der Waals surface area contributed by atoms with Crippen LogP contribution in [0.2, 0.25) is 0 Å². The van der Waals surface area contributed by atoms with Crippen molar-refractivity contribution in [2.45, 2.75) is 52.1 Å². The molecule has 0 heterocycles. The van der Waals surface area contributed by atoms with Crippen molar-refractivity contribution in [3.8, 4) is 0 Å². The summed E-state index contributed by atoms with van der Waals surface area (Å²) in [5.74, 6) is 2.64. The van der Waals surface area contributed by atoms with Crippen LogP contribution < -0.4 is 5.73 Å². The highest BCUT2D eigenvalue weighted by molar-refractivity contribution is 5.11.